The molecule has 4 rings (SSSR count). The van der Waals surface area contributed by atoms with Crippen molar-refractivity contribution in [2.24, 2.45) is 5.73 Å². The van der Waals surface area contributed by atoms with Crippen LogP contribution in [-0.4, -0.2) is 30.0 Å². The van der Waals surface area contributed by atoms with Crippen molar-refractivity contribution in [3.05, 3.63) is 78.4 Å². The van der Waals surface area contributed by atoms with E-state index in [0.717, 1.165) is 33.7 Å². The third kappa shape index (κ3) is 3.87. The Balaban J connectivity index is 1.75. The number of anilines is 3. The van der Waals surface area contributed by atoms with E-state index in [2.05, 4.69) is 27.3 Å². The Hall–Kier alpha value is -3.93. The zero-order valence-corrected chi connectivity index (χ0v) is 16.3. The molecule has 0 aliphatic heterocycles. The number of benzene rings is 3. The van der Waals surface area contributed by atoms with Crippen LogP contribution in [0.1, 0.15) is 10.4 Å². The number of hydrogen-bond acceptors (Lipinski definition) is 5. The van der Waals surface area contributed by atoms with Crippen molar-refractivity contribution >= 4 is 34.0 Å². The van der Waals surface area contributed by atoms with Gasteiger partial charge in [-0.05, 0) is 48.5 Å². The highest BCUT2D eigenvalue weighted by Crippen LogP contribution is 2.28. The number of fused-ring (bicyclic) bond motifs is 1. The SMILES string of the molecule is CN(C)c1ccc(Nc2nc(-c3ccc(C(N)=O)cc3)nc3ccccc23)cc1. The molecule has 0 bridgehead atoms. The Morgan fingerprint density at radius 2 is 1.59 bits per heavy atom. The Morgan fingerprint density at radius 1 is 0.897 bits per heavy atom. The molecular weight excluding hydrogens is 362 g/mol. The van der Waals surface area contributed by atoms with Gasteiger partial charge in [-0.25, -0.2) is 9.97 Å². The second-order valence-corrected chi connectivity index (χ2v) is 6.92. The summed E-state index contributed by atoms with van der Waals surface area (Å²) in [5, 5.41) is 4.34. The highest BCUT2D eigenvalue weighted by Gasteiger charge is 2.10. The quantitative estimate of drug-likeness (QED) is 0.539. The maximum atomic E-state index is 11.3. The van der Waals surface area contributed by atoms with Crippen LogP contribution in [0.15, 0.2) is 72.8 Å². The van der Waals surface area contributed by atoms with Crippen LogP contribution in [0.3, 0.4) is 0 Å². The Kier molecular flexibility index (Phi) is 4.83. The van der Waals surface area contributed by atoms with Gasteiger partial charge < -0.3 is 16.0 Å². The van der Waals surface area contributed by atoms with Gasteiger partial charge in [0.25, 0.3) is 0 Å². The number of amides is 1. The average Bonchev–Trinajstić information content (AvgIpc) is 2.74. The van der Waals surface area contributed by atoms with Gasteiger partial charge in [0, 0.05) is 42.0 Å². The van der Waals surface area contributed by atoms with Gasteiger partial charge in [0.15, 0.2) is 5.82 Å². The van der Waals surface area contributed by atoms with Crippen molar-refractivity contribution in [3.8, 4) is 11.4 Å². The fourth-order valence-electron chi connectivity index (χ4n) is 3.06. The van der Waals surface area contributed by atoms with Gasteiger partial charge in [0.2, 0.25) is 5.91 Å². The van der Waals surface area contributed by atoms with E-state index in [1.54, 1.807) is 24.3 Å². The summed E-state index contributed by atoms with van der Waals surface area (Å²) in [4.78, 5) is 22.8. The molecule has 3 aromatic carbocycles. The minimum Gasteiger partial charge on any atom is -0.378 e. The summed E-state index contributed by atoms with van der Waals surface area (Å²) < 4.78 is 0. The number of hydrogen-bond donors (Lipinski definition) is 2. The first-order valence-corrected chi connectivity index (χ1v) is 9.23. The Bertz CT molecular complexity index is 1170. The third-order valence-corrected chi connectivity index (χ3v) is 4.68. The molecule has 0 atom stereocenters. The zero-order valence-electron chi connectivity index (χ0n) is 16.3. The lowest BCUT2D eigenvalue weighted by Crippen LogP contribution is -2.10. The second kappa shape index (κ2) is 7.59. The lowest BCUT2D eigenvalue weighted by atomic mass is 10.1. The molecule has 0 radical (unpaired) electrons. The highest BCUT2D eigenvalue weighted by molar-refractivity contribution is 5.94. The first kappa shape index (κ1) is 18.4. The molecular formula is C23H21N5O. The number of rotatable bonds is 5. The van der Waals surface area contributed by atoms with Crippen LogP contribution in [0.2, 0.25) is 0 Å². The summed E-state index contributed by atoms with van der Waals surface area (Å²) >= 11 is 0. The summed E-state index contributed by atoms with van der Waals surface area (Å²) in [7, 11) is 4.02. The Morgan fingerprint density at radius 3 is 2.24 bits per heavy atom. The van der Waals surface area contributed by atoms with E-state index < -0.39 is 5.91 Å². The number of nitrogens with zero attached hydrogens (tertiary/aromatic N) is 3. The van der Waals surface area contributed by atoms with Crippen LogP contribution in [0, 0.1) is 0 Å². The second-order valence-electron chi connectivity index (χ2n) is 6.92. The van der Waals surface area contributed by atoms with E-state index in [0.29, 0.717) is 11.4 Å². The van der Waals surface area contributed by atoms with E-state index in [1.807, 2.05) is 50.5 Å². The maximum absolute atomic E-state index is 11.3. The lowest BCUT2D eigenvalue weighted by Gasteiger charge is -2.14. The molecule has 0 spiro atoms. The van der Waals surface area contributed by atoms with Gasteiger partial charge in [-0.2, -0.15) is 0 Å². The van der Waals surface area contributed by atoms with E-state index in [9.17, 15) is 4.79 Å². The van der Waals surface area contributed by atoms with Gasteiger partial charge in [-0.1, -0.05) is 24.3 Å². The first-order chi connectivity index (χ1) is 14.0. The van der Waals surface area contributed by atoms with Gasteiger partial charge in [0.1, 0.15) is 5.82 Å². The maximum Gasteiger partial charge on any atom is 0.248 e. The van der Waals surface area contributed by atoms with E-state index in [4.69, 9.17) is 10.7 Å². The van der Waals surface area contributed by atoms with E-state index >= 15 is 0 Å². The van der Waals surface area contributed by atoms with Crippen LogP contribution in [0.4, 0.5) is 17.2 Å². The molecule has 0 unspecified atom stereocenters. The monoisotopic (exact) mass is 383 g/mol. The van der Waals surface area contributed by atoms with Crippen LogP contribution in [0.5, 0.6) is 0 Å². The highest BCUT2D eigenvalue weighted by atomic mass is 16.1. The number of carbonyl (C=O) groups excluding carboxylic acids is 1. The first-order valence-electron chi connectivity index (χ1n) is 9.23. The number of nitrogens with one attached hydrogen (secondary N) is 1. The standard InChI is InChI=1S/C23H21N5O/c1-28(2)18-13-11-17(12-14-18)25-23-19-5-3-4-6-20(19)26-22(27-23)16-9-7-15(8-10-16)21(24)29/h3-14H,1-2H3,(H2,24,29)(H,25,26,27). The van der Waals surface area contributed by atoms with Crippen molar-refractivity contribution in [2.75, 3.05) is 24.3 Å². The lowest BCUT2D eigenvalue weighted by molar-refractivity contribution is 0.100. The predicted molar refractivity (Wildman–Crippen MR) is 118 cm³/mol. The normalized spacial score (nSPS) is 10.7. The molecule has 6 nitrogen and oxygen atoms in total. The minimum atomic E-state index is -0.459. The molecule has 6 heteroatoms. The topological polar surface area (TPSA) is 84.1 Å². The molecule has 1 heterocycles. The molecule has 0 fully saturated rings. The van der Waals surface area contributed by atoms with Crippen molar-refractivity contribution in [1.29, 1.82) is 0 Å². The third-order valence-electron chi connectivity index (χ3n) is 4.68. The van der Waals surface area contributed by atoms with Crippen LogP contribution < -0.4 is 16.0 Å². The van der Waals surface area contributed by atoms with Crippen molar-refractivity contribution < 1.29 is 4.79 Å². The number of primary amides is 1. The molecule has 0 aliphatic carbocycles. The van der Waals surface area contributed by atoms with Gasteiger partial charge in [-0.15, -0.1) is 0 Å². The molecule has 1 amide bonds. The van der Waals surface area contributed by atoms with Crippen molar-refractivity contribution in [3.63, 3.8) is 0 Å². The number of para-hydroxylation sites is 1. The molecule has 0 saturated carbocycles. The molecule has 0 aliphatic rings. The zero-order chi connectivity index (χ0) is 20.4. The van der Waals surface area contributed by atoms with Gasteiger partial charge in [0.05, 0.1) is 5.52 Å². The minimum absolute atomic E-state index is 0.453. The molecule has 144 valence electrons. The number of aromatic nitrogens is 2. The summed E-state index contributed by atoms with van der Waals surface area (Å²) in [6, 6.07) is 23.0. The Labute approximate surface area is 169 Å². The molecule has 3 N–H and O–H groups in total. The van der Waals surface area contributed by atoms with Gasteiger partial charge >= 0.3 is 0 Å². The smallest absolute Gasteiger partial charge is 0.248 e. The van der Waals surface area contributed by atoms with E-state index in [-0.39, 0.29) is 0 Å². The number of carbonyl (C=O) groups is 1. The number of nitrogens with two attached hydrogens (primary N) is 1. The van der Waals surface area contributed by atoms with Gasteiger partial charge in [-0.3, -0.25) is 4.79 Å². The summed E-state index contributed by atoms with van der Waals surface area (Å²) in [5.41, 5.74) is 9.50. The van der Waals surface area contributed by atoms with Crippen molar-refractivity contribution in [2.45, 2.75) is 0 Å². The largest absolute Gasteiger partial charge is 0.378 e. The van der Waals surface area contributed by atoms with Crippen LogP contribution in [0.25, 0.3) is 22.3 Å². The van der Waals surface area contributed by atoms with Crippen molar-refractivity contribution in [1.82, 2.24) is 9.97 Å². The molecule has 29 heavy (non-hydrogen) atoms. The average molecular weight is 383 g/mol. The molecule has 1 aromatic heterocycles. The summed E-state index contributed by atoms with van der Waals surface area (Å²) in [6.45, 7) is 0. The summed E-state index contributed by atoms with van der Waals surface area (Å²) in [5.74, 6) is 0.841. The van der Waals surface area contributed by atoms with Crippen LogP contribution >= 0.6 is 0 Å². The van der Waals surface area contributed by atoms with Crippen LogP contribution in [-0.2, 0) is 0 Å². The predicted octanol–water partition coefficient (Wildman–Crippen LogP) is 4.21. The fraction of sp³-hybridized carbons (Fsp3) is 0.0870. The van der Waals surface area contributed by atoms with E-state index in [1.165, 1.54) is 0 Å². The fourth-order valence-corrected chi connectivity index (χ4v) is 3.06. The summed E-state index contributed by atoms with van der Waals surface area (Å²) in [6.07, 6.45) is 0. The molecule has 0 saturated heterocycles. The molecule has 4 aromatic rings.